The maximum absolute atomic E-state index is 5.34. The van der Waals surface area contributed by atoms with Crippen LogP contribution in [0.15, 0.2) is 43.1 Å². The minimum Gasteiger partial charge on any atom is -0.493 e. The van der Waals surface area contributed by atoms with Crippen molar-refractivity contribution in [1.29, 1.82) is 0 Å². The molecule has 0 aliphatic carbocycles. The Bertz CT molecular complexity index is 583. The molecule has 1 aromatic heterocycles. The van der Waals surface area contributed by atoms with Gasteiger partial charge in [0.25, 0.3) is 0 Å². The molecule has 0 fully saturated rings. The SMILES string of the molecule is C=C(c1cc(OC)c(OC)c(OC)c1)c1ccccn1. The number of aromatic nitrogens is 1. The number of hydrogen-bond donors (Lipinski definition) is 0. The molecule has 0 spiro atoms. The Labute approximate surface area is 118 Å². The van der Waals surface area contributed by atoms with Gasteiger partial charge in [0.05, 0.1) is 27.0 Å². The second kappa shape index (κ2) is 6.10. The zero-order chi connectivity index (χ0) is 14.5. The average Bonchev–Trinajstić information content (AvgIpc) is 2.53. The van der Waals surface area contributed by atoms with Crippen LogP contribution in [0.4, 0.5) is 0 Å². The number of nitrogens with zero attached hydrogens (tertiary/aromatic N) is 1. The number of pyridine rings is 1. The van der Waals surface area contributed by atoms with E-state index in [0.717, 1.165) is 16.8 Å². The Morgan fingerprint density at radius 2 is 1.65 bits per heavy atom. The van der Waals surface area contributed by atoms with Gasteiger partial charge in [-0.05, 0) is 29.8 Å². The van der Waals surface area contributed by atoms with E-state index in [1.54, 1.807) is 27.5 Å². The molecule has 0 aliphatic rings. The Morgan fingerprint density at radius 1 is 1.00 bits per heavy atom. The molecule has 0 unspecified atom stereocenters. The first kappa shape index (κ1) is 13.9. The molecule has 0 bridgehead atoms. The summed E-state index contributed by atoms with van der Waals surface area (Å²) in [5.41, 5.74) is 2.48. The molecule has 4 nitrogen and oxygen atoms in total. The molecule has 0 aliphatic heterocycles. The molecular weight excluding hydrogens is 254 g/mol. The number of ether oxygens (including phenoxy) is 3. The Morgan fingerprint density at radius 3 is 2.10 bits per heavy atom. The van der Waals surface area contributed by atoms with Crippen LogP contribution in [-0.2, 0) is 0 Å². The van der Waals surface area contributed by atoms with Crippen molar-refractivity contribution in [2.75, 3.05) is 21.3 Å². The van der Waals surface area contributed by atoms with E-state index in [1.165, 1.54) is 0 Å². The molecule has 104 valence electrons. The lowest BCUT2D eigenvalue weighted by molar-refractivity contribution is 0.324. The molecule has 4 heteroatoms. The van der Waals surface area contributed by atoms with E-state index in [-0.39, 0.29) is 0 Å². The highest BCUT2D eigenvalue weighted by Crippen LogP contribution is 2.40. The van der Waals surface area contributed by atoms with E-state index < -0.39 is 0 Å². The molecule has 20 heavy (non-hydrogen) atoms. The number of rotatable bonds is 5. The van der Waals surface area contributed by atoms with E-state index >= 15 is 0 Å². The summed E-state index contributed by atoms with van der Waals surface area (Å²) in [6.07, 6.45) is 1.73. The standard InChI is InChI=1S/C16H17NO3/c1-11(13-7-5-6-8-17-13)12-9-14(18-2)16(20-4)15(10-12)19-3/h5-10H,1H2,2-4H3. The van der Waals surface area contributed by atoms with Crippen LogP contribution < -0.4 is 14.2 Å². The summed E-state index contributed by atoms with van der Waals surface area (Å²) in [7, 11) is 4.75. The van der Waals surface area contributed by atoms with Gasteiger partial charge in [0.15, 0.2) is 11.5 Å². The van der Waals surface area contributed by atoms with Gasteiger partial charge < -0.3 is 14.2 Å². The van der Waals surface area contributed by atoms with Crippen LogP contribution in [0.5, 0.6) is 17.2 Å². The highest BCUT2D eigenvalue weighted by molar-refractivity contribution is 5.78. The maximum atomic E-state index is 5.34. The van der Waals surface area contributed by atoms with Crippen LogP contribution in [0.2, 0.25) is 0 Å². The molecule has 0 saturated carbocycles. The normalized spacial score (nSPS) is 9.95. The fourth-order valence-corrected chi connectivity index (χ4v) is 1.94. The highest BCUT2D eigenvalue weighted by atomic mass is 16.5. The largest absolute Gasteiger partial charge is 0.493 e. The van der Waals surface area contributed by atoms with Crippen molar-refractivity contribution >= 4 is 5.57 Å². The molecule has 0 N–H and O–H groups in total. The van der Waals surface area contributed by atoms with E-state index in [0.29, 0.717) is 17.2 Å². The Hall–Kier alpha value is -2.49. The van der Waals surface area contributed by atoms with Crippen LogP contribution in [0.3, 0.4) is 0 Å². The molecule has 1 heterocycles. The highest BCUT2D eigenvalue weighted by Gasteiger charge is 2.15. The van der Waals surface area contributed by atoms with Gasteiger partial charge in [-0.3, -0.25) is 4.98 Å². The summed E-state index contributed by atoms with van der Waals surface area (Å²) < 4.78 is 16.0. The fourth-order valence-electron chi connectivity index (χ4n) is 1.94. The zero-order valence-corrected chi connectivity index (χ0v) is 11.8. The van der Waals surface area contributed by atoms with Crippen molar-refractivity contribution in [3.05, 3.63) is 54.4 Å². The third-order valence-corrected chi connectivity index (χ3v) is 2.99. The first-order chi connectivity index (χ1) is 9.71. The Kier molecular flexibility index (Phi) is 4.25. The first-order valence-electron chi connectivity index (χ1n) is 6.12. The third kappa shape index (κ3) is 2.59. The third-order valence-electron chi connectivity index (χ3n) is 2.99. The summed E-state index contributed by atoms with van der Waals surface area (Å²) in [6, 6.07) is 9.42. The molecule has 2 aromatic rings. The van der Waals surface area contributed by atoms with E-state index in [9.17, 15) is 0 Å². The molecular formula is C16H17NO3. The first-order valence-corrected chi connectivity index (χ1v) is 6.12. The minimum absolute atomic E-state index is 0.563. The lowest BCUT2D eigenvalue weighted by Crippen LogP contribution is -1.97. The van der Waals surface area contributed by atoms with Gasteiger partial charge >= 0.3 is 0 Å². The van der Waals surface area contributed by atoms with Crippen molar-refractivity contribution < 1.29 is 14.2 Å². The molecule has 2 rings (SSSR count). The van der Waals surface area contributed by atoms with Crippen molar-refractivity contribution in [3.8, 4) is 17.2 Å². The summed E-state index contributed by atoms with van der Waals surface area (Å²) in [4.78, 5) is 4.30. The van der Waals surface area contributed by atoms with Gasteiger partial charge in [-0.15, -0.1) is 0 Å². The van der Waals surface area contributed by atoms with Gasteiger partial charge in [0.2, 0.25) is 5.75 Å². The van der Waals surface area contributed by atoms with Gasteiger partial charge in [0, 0.05) is 11.8 Å². The van der Waals surface area contributed by atoms with Crippen LogP contribution in [0.1, 0.15) is 11.3 Å². The Balaban J connectivity index is 2.50. The molecule has 1 aromatic carbocycles. The molecule has 0 radical (unpaired) electrons. The smallest absolute Gasteiger partial charge is 0.203 e. The lowest BCUT2D eigenvalue weighted by Gasteiger charge is -2.15. The summed E-state index contributed by atoms with van der Waals surface area (Å²) in [5.74, 6) is 1.76. The molecule has 0 atom stereocenters. The second-order valence-electron chi connectivity index (χ2n) is 4.11. The van der Waals surface area contributed by atoms with Crippen molar-refractivity contribution in [2.45, 2.75) is 0 Å². The van der Waals surface area contributed by atoms with Crippen LogP contribution >= 0.6 is 0 Å². The zero-order valence-electron chi connectivity index (χ0n) is 11.8. The van der Waals surface area contributed by atoms with Crippen molar-refractivity contribution in [2.24, 2.45) is 0 Å². The minimum atomic E-state index is 0.563. The molecule has 0 saturated heterocycles. The maximum Gasteiger partial charge on any atom is 0.203 e. The van der Waals surface area contributed by atoms with Crippen molar-refractivity contribution in [1.82, 2.24) is 4.98 Å². The van der Waals surface area contributed by atoms with Gasteiger partial charge in [-0.25, -0.2) is 0 Å². The van der Waals surface area contributed by atoms with E-state index in [1.807, 2.05) is 30.3 Å². The second-order valence-corrected chi connectivity index (χ2v) is 4.11. The predicted molar refractivity (Wildman–Crippen MR) is 78.5 cm³/mol. The van der Waals surface area contributed by atoms with E-state index in [2.05, 4.69) is 11.6 Å². The average molecular weight is 271 g/mol. The van der Waals surface area contributed by atoms with Gasteiger partial charge in [-0.2, -0.15) is 0 Å². The van der Waals surface area contributed by atoms with Crippen LogP contribution in [0.25, 0.3) is 5.57 Å². The van der Waals surface area contributed by atoms with Gasteiger partial charge in [-0.1, -0.05) is 12.6 Å². The lowest BCUT2D eigenvalue weighted by atomic mass is 10.0. The monoisotopic (exact) mass is 271 g/mol. The summed E-state index contributed by atoms with van der Waals surface area (Å²) >= 11 is 0. The molecule has 0 amide bonds. The van der Waals surface area contributed by atoms with Crippen molar-refractivity contribution in [3.63, 3.8) is 0 Å². The summed E-state index contributed by atoms with van der Waals surface area (Å²) in [5, 5.41) is 0. The summed E-state index contributed by atoms with van der Waals surface area (Å²) in [6.45, 7) is 4.09. The van der Waals surface area contributed by atoms with Gasteiger partial charge in [0.1, 0.15) is 0 Å². The van der Waals surface area contributed by atoms with Crippen LogP contribution in [-0.4, -0.2) is 26.3 Å². The number of hydrogen-bond acceptors (Lipinski definition) is 4. The number of benzene rings is 1. The quantitative estimate of drug-likeness (QED) is 0.837. The van der Waals surface area contributed by atoms with Crippen LogP contribution in [0, 0.1) is 0 Å². The topological polar surface area (TPSA) is 40.6 Å². The van der Waals surface area contributed by atoms with E-state index in [4.69, 9.17) is 14.2 Å². The number of methoxy groups -OCH3 is 3. The fraction of sp³-hybridized carbons (Fsp3) is 0.188. The predicted octanol–water partition coefficient (Wildman–Crippen LogP) is 3.17.